The van der Waals surface area contributed by atoms with Crippen molar-refractivity contribution in [1.82, 2.24) is 29.9 Å². The average molecular weight is 388 g/mol. The zero-order valence-corrected chi connectivity index (χ0v) is 17.1. The van der Waals surface area contributed by atoms with Crippen LogP contribution in [0.4, 0.5) is 0 Å². The van der Waals surface area contributed by atoms with Gasteiger partial charge in [-0.25, -0.2) is 9.67 Å². The van der Waals surface area contributed by atoms with E-state index in [2.05, 4.69) is 32.6 Å². The molecule has 3 aromatic heterocycles. The zero-order chi connectivity index (χ0) is 20.5. The fourth-order valence-corrected chi connectivity index (χ4v) is 3.51. The molecule has 0 radical (unpaired) electrons. The summed E-state index contributed by atoms with van der Waals surface area (Å²) in [5.74, 6) is -0.133. The summed E-state index contributed by atoms with van der Waals surface area (Å²) in [5, 5.41) is 12.7. The van der Waals surface area contributed by atoms with Crippen LogP contribution in [0.15, 0.2) is 42.6 Å². The summed E-state index contributed by atoms with van der Waals surface area (Å²) in [5.41, 5.74) is 6.09. The lowest BCUT2D eigenvalue weighted by atomic mass is 10.1. The molecule has 4 rings (SSSR count). The van der Waals surface area contributed by atoms with Gasteiger partial charge < -0.3 is 5.32 Å². The molecule has 1 N–H and O–H groups in total. The summed E-state index contributed by atoms with van der Waals surface area (Å²) in [4.78, 5) is 17.7. The lowest BCUT2D eigenvalue weighted by Crippen LogP contribution is -2.23. The standard InChI is InChI=1S/C22H24N6O/c1-14-10-19(22(29)23-11-18-12-24-27(4)16(18)3)20-15(2)26-28(21(20)25-14)13-17-8-6-5-7-9-17/h5-10,12H,11,13H2,1-4H3,(H,23,29). The van der Waals surface area contributed by atoms with Gasteiger partial charge >= 0.3 is 0 Å². The topological polar surface area (TPSA) is 77.6 Å². The Bertz CT molecular complexity index is 1190. The van der Waals surface area contributed by atoms with Crippen LogP contribution in [0.3, 0.4) is 0 Å². The van der Waals surface area contributed by atoms with Crippen molar-refractivity contribution in [1.29, 1.82) is 0 Å². The minimum absolute atomic E-state index is 0.133. The van der Waals surface area contributed by atoms with E-state index < -0.39 is 0 Å². The normalized spacial score (nSPS) is 11.2. The van der Waals surface area contributed by atoms with Crippen molar-refractivity contribution in [3.63, 3.8) is 0 Å². The molecule has 0 spiro atoms. The van der Waals surface area contributed by atoms with Gasteiger partial charge in [-0.2, -0.15) is 10.2 Å². The lowest BCUT2D eigenvalue weighted by molar-refractivity contribution is 0.0952. The van der Waals surface area contributed by atoms with E-state index in [0.29, 0.717) is 18.7 Å². The van der Waals surface area contributed by atoms with Gasteiger partial charge in [0.05, 0.1) is 29.4 Å². The predicted octanol–water partition coefficient (Wildman–Crippen LogP) is 3.07. The maximum atomic E-state index is 13.0. The quantitative estimate of drug-likeness (QED) is 0.570. The number of hydrogen-bond acceptors (Lipinski definition) is 4. The van der Waals surface area contributed by atoms with Gasteiger partial charge in [0.15, 0.2) is 5.65 Å². The van der Waals surface area contributed by atoms with Crippen LogP contribution in [-0.4, -0.2) is 30.5 Å². The number of carbonyl (C=O) groups is 1. The fraction of sp³-hybridized carbons (Fsp3) is 0.273. The molecule has 4 aromatic rings. The fourth-order valence-electron chi connectivity index (χ4n) is 3.51. The van der Waals surface area contributed by atoms with Crippen LogP contribution in [-0.2, 0) is 20.1 Å². The van der Waals surface area contributed by atoms with E-state index in [1.807, 2.05) is 56.8 Å². The third kappa shape index (κ3) is 3.63. The average Bonchev–Trinajstić information content (AvgIpc) is 3.19. The van der Waals surface area contributed by atoms with Crippen molar-refractivity contribution in [2.75, 3.05) is 0 Å². The first-order chi connectivity index (χ1) is 13.9. The second-order valence-corrected chi connectivity index (χ2v) is 7.30. The van der Waals surface area contributed by atoms with E-state index in [4.69, 9.17) is 0 Å². The third-order valence-electron chi connectivity index (χ3n) is 5.20. The van der Waals surface area contributed by atoms with Gasteiger partial charge in [0.1, 0.15) is 0 Å². The number of fused-ring (bicyclic) bond motifs is 1. The highest BCUT2D eigenvalue weighted by atomic mass is 16.1. The summed E-state index contributed by atoms with van der Waals surface area (Å²) < 4.78 is 3.67. The van der Waals surface area contributed by atoms with Gasteiger partial charge in [0.25, 0.3) is 5.91 Å². The van der Waals surface area contributed by atoms with Crippen LogP contribution < -0.4 is 5.32 Å². The Balaban J connectivity index is 1.67. The monoisotopic (exact) mass is 388 g/mol. The highest BCUT2D eigenvalue weighted by Gasteiger charge is 2.19. The first-order valence-electron chi connectivity index (χ1n) is 9.58. The summed E-state index contributed by atoms with van der Waals surface area (Å²) >= 11 is 0. The largest absolute Gasteiger partial charge is 0.348 e. The van der Waals surface area contributed by atoms with Gasteiger partial charge in [-0.3, -0.25) is 9.48 Å². The molecule has 1 aromatic carbocycles. The highest BCUT2D eigenvalue weighted by molar-refractivity contribution is 6.06. The number of rotatable bonds is 5. The van der Waals surface area contributed by atoms with Gasteiger partial charge in [-0.1, -0.05) is 30.3 Å². The Morgan fingerprint density at radius 2 is 1.90 bits per heavy atom. The molecule has 7 heteroatoms. The summed E-state index contributed by atoms with van der Waals surface area (Å²) in [7, 11) is 1.89. The molecule has 7 nitrogen and oxygen atoms in total. The molecule has 0 bridgehead atoms. The molecule has 1 amide bonds. The molecular weight excluding hydrogens is 364 g/mol. The second-order valence-electron chi connectivity index (χ2n) is 7.30. The SMILES string of the molecule is Cc1cc(C(=O)NCc2cnn(C)c2C)c2c(C)nn(Cc3ccccc3)c2n1. The van der Waals surface area contributed by atoms with E-state index in [1.54, 1.807) is 10.9 Å². The molecule has 0 unspecified atom stereocenters. The van der Waals surface area contributed by atoms with E-state index >= 15 is 0 Å². The molecular formula is C22H24N6O. The number of hydrogen-bond donors (Lipinski definition) is 1. The molecule has 0 aliphatic heterocycles. The number of aromatic nitrogens is 5. The number of amides is 1. The van der Waals surface area contributed by atoms with Crippen LogP contribution >= 0.6 is 0 Å². The molecule has 0 aliphatic rings. The van der Waals surface area contributed by atoms with Crippen molar-refractivity contribution in [3.05, 3.63) is 76.4 Å². The summed E-state index contributed by atoms with van der Waals surface area (Å²) in [6, 6.07) is 11.9. The number of aryl methyl sites for hydroxylation is 3. The molecule has 148 valence electrons. The van der Waals surface area contributed by atoms with Crippen LogP contribution in [0.25, 0.3) is 11.0 Å². The number of carbonyl (C=O) groups excluding carboxylic acids is 1. The van der Waals surface area contributed by atoms with Crippen molar-refractivity contribution in [2.45, 2.75) is 33.9 Å². The van der Waals surface area contributed by atoms with Crippen LogP contribution in [0.1, 0.15) is 38.6 Å². The predicted molar refractivity (Wildman–Crippen MR) is 112 cm³/mol. The van der Waals surface area contributed by atoms with Gasteiger partial charge in [0.2, 0.25) is 0 Å². The Labute approximate surface area is 169 Å². The van der Waals surface area contributed by atoms with E-state index in [0.717, 1.165) is 39.2 Å². The van der Waals surface area contributed by atoms with Crippen LogP contribution in [0, 0.1) is 20.8 Å². The highest BCUT2D eigenvalue weighted by Crippen LogP contribution is 2.23. The Hall–Kier alpha value is -3.48. The Kier molecular flexibility index (Phi) is 4.88. The molecule has 0 saturated carbocycles. The maximum Gasteiger partial charge on any atom is 0.252 e. The first-order valence-corrected chi connectivity index (χ1v) is 9.58. The zero-order valence-electron chi connectivity index (χ0n) is 17.1. The molecule has 0 aliphatic carbocycles. The number of nitrogens with zero attached hydrogens (tertiary/aromatic N) is 5. The summed E-state index contributed by atoms with van der Waals surface area (Å²) in [6.07, 6.45) is 1.78. The number of benzene rings is 1. The van der Waals surface area contributed by atoms with Crippen molar-refractivity contribution in [3.8, 4) is 0 Å². The minimum atomic E-state index is -0.133. The molecule has 0 saturated heterocycles. The Morgan fingerprint density at radius 3 is 2.59 bits per heavy atom. The third-order valence-corrected chi connectivity index (χ3v) is 5.20. The molecule has 0 atom stereocenters. The van der Waals surface area contributed by atoms with E-state index in [1.165, 1.54) is 0 Å². The number of pyridine rings is 1. The summed E-state index contributed by atoms with van der Waals surface area (Å²) in [6.45, 7) is 6.84. The molecule has 29 heavy (non-hydrogen) atoms. The lowest BCUT2D eigenvalue weighted by Gasteiger charge is -2.08. The second kappa shape index (κ2) is 7.50. The van der Waals surface area contributed by atoms with Crippen molar-refractivity contribution in [2.24, 2.45) is 7.05 Å². The van der Waals surface area contributed by atoms with Gasteiger partial charge in [-0.05, 0) is 32.4 Å². The maximum absolute atomic E-state index is 13.0. The van der Waals surface area contributed by atoms with Crippen LogP contribution in [0.5, 0.6) is 0 Å². The number of nitrogens with one attached hydrogen (secondary N) is 1. The first kappa shape index (κ1) is 18.9. The van der Waals surface area contributed by atoms with Crippen molar-refractivity contribution < 1.29 is 4.79 Å². The molecule has 3 heterocycles. The Morgan fingerprint density at radius 1 is 1.14 bits per heavy atom. The van der Waals surface area contributed by atoms with Gasteiger partial charge in [0, 0.05) is 30.5 Å². The van der Waals surface area contributed by atoms with E-state index in [9.17, 15) is 4.79 Å². The van der Waals surface area contributed by atoms with Gasteiger partial charge in [-0.15, -0.1) is 0 Å². The molecule has 0 fully saturated rings. The smallest absolute Gasteiger partial charge is 0.252 e. The van der Waals surface area contributed by atoms with E-state index in [-0.39, 0.29) is 5.91 Å². The van der Waals surface area contributed by atoms with Crippen LogP contribution in [0.2, 0.25) is 0 Å². The minimum Gasteiger partial charge on any atom is -0.348 e. The van der Waals surface area contributed by atoms with Crippen molar-refractivity contribution >= 4 is 16.9 Å².